The van der Waals surface area contributed by atoms with Crippen molar-refractivity contribution in [1.29, 1.82) is 0 Å². The third-order valence-corrected chi connectivity index (χ3v) is 7.77. The fourth-order valence-corrected chi connectivity index (χ4v) is 5.46. The van der Waals surface area contributed by atoms with Crippen LogP contribution in [0.4, 0.5) is 0 Å². The fourth-order valence-electron chi connectivity index (χ4n) is 4.34. The maximum Gasteiger partial charge on any atom is 0.336 e. The van der Waals surface area contributed by atoms with Gasteiger partial charge in [-0.05, 0) is 87.0 Å². The molecule has 1 saturated heterocycles. The molecule has 170 valence electrons. The van der Waals surface area contributed by atoms with E-state index in [-0.39, 0.29) is 11.5 Å². The van der Waals surface area contributed by atoms with E-state index in [4.69, 9.17) is 4.42 Å². The van der Waals surface area contributed by atoms with Crippen LogP contribution in [0.1, 0.15) is 35.1 Å². The predicted octanol–water partition coefficient (Wildman–Crippen LogP) is 3.91. The second-order valence-corrected chi connectivity index (χ2v) is 10.7. The monoisotopic (exact) mass is 454 g/mol. The van der Waals surface area contributed by atoms with Crippen molar-refractivity contribution in [3.8, 4) is 0 Å². The van der Waals surface area contributed by atoms with Gasteiger partial charge in [0.25, 0.3) is 0 Å². The molecule has 1 aromatic heterocycles. The smallest absolute Gasteiger partial charge is 0.336 e. The van der Waals surface area contributed by atoms with Crippen LogP contribution in [0, 0.1) is 26.7 Å². The third-order valence-electron chi connectivity index (χ3n) is 6.33. The van der Waals surface area contributed by atoms with Crippen molar-refractivity contribution in [3.05, 3.63) is 75.1 Å². The molecule has 1 aliphatic heterocycles. The topological polar surface area (TPSA) is 79.6 Å². The first-order chi connectivity index (χ1) is 15.2. The Morgan fingerprint density at radius 1 is 1.06 bits per heavy atom. The summed E-state index contributed by atoms with van der Waals surface area (Å²) in [6.45, 7) is 8.75. The molecule has 6 nitrogen and oxygen atoms in total. The molecule has 1 fully saturated rings. The molecule has 1 atom stereocenters. The molecule has 0 saturated carbocycles. The van der Waals surface area contributed by atoms with Crippen LogP contribution in [0.25, 0.3) is 11.0 Å². The Labute approximate surface area is 189 Å². The van der Waals surface area contributed by atoms with Crippen LogP contribution < -0.4 is 10.3 Å². The molecule has 4 rings (SSSR count). The van der Waals surface area contributed by atoms with Crippen molar-refractivity contribution in [3.63, 3.8) is 0 Å². The number of sulfonamides is 1. The zero-order valence-corrected chi connectivity index (χ0v) is 19.7. The summed E-state index contributed by atoms with van der Waals surface area (Å²) in [5, 5.41) is 0.967. The summed E-state index contributed by atoms with van der Waals surface area (Å²) in [5.41, 5.74) is 4.52. The van der Waals surface area contributed by atoms with Gasteiger partial charge in [0.05, 0.1) is 4.90 Å². The van der Waals surface area contributed by atoms with E-state index in [9.17, 15) is 13.2 Å². The highest BCUT2D eigenvalue weighted by atomic mass is 32.2. The lowest BCUT2D eigenvalue weighted by atomic mass is 9.97. The van der Waals surface area contributed by atoms with E-state index in [1.54, 1.807) is 30.3 Å². The van der Waals surface area contributed by atoms with Gasteiger partial charge in [0.15, 0.2) is 0 Å². The number of benzene rings is 2. The largest absolute Gasteiger partial charge is 0.423 e. The first-order valence-corrected chi connectivity index (χ1v) is 12.5. The second-order valence-electron chi connectivity index (χ2n) is 8.93. The molecule has 7 heteroatoms. The molecule has 0 bridgehead atoms. The van der Waals surface area contributed by atoms with Gasteiger partial charge in [0.2, 0.25) is 10.0 Å². The Kier molecular flexibility index (Phi) is 6.51. The van der Waals surface area contributed by atoms with E-state index in [1.807, 2.05) is 19.9 Å². The zero-order chi connectivity index (χ0) is 22.9. The minimum absolute atomic E-state index is 0.222. The SMILES string of the molecule is Cc1ccc(S(=O)(=O)NCC2CCCN(Cc3cc(=O)oc4cc(C)c(C)cc34)C2)cc1. The second kappa shape index (κ2) is 9.17. The number of rotatable bonds is 6. The Bertz CT molecular complexity index is 1280. The van der Waals surface area contributed by atoms with Gasteiger partial charge in [-0.1, -0.05) is 17.7 Å². The average molecular weight is 455 g/mol. The van der Waals surface area contributed by atoms with E-state index in [2.05, 4.69) is 22.6 Å². The van der Waals surface area contributed by atoms with Gasteiger partial charge in [-0.3, -0.25) is 4.90 Å². The van der Waals surface area contributed by atoms with Crippen molar-refractivity contribution in [1.82, 2.24) is 9.62 Å². The highest BCUT2D eigenvalue weighted by Crippen LogP contribution is 2.25. The highest BCUT2D eigenvalue weighted by Gasteiger charge is 2.23. The summed E-state index contributed by atoms with van der Waals surface area (Å²) >= 11 is 0. The van der Waals surface area contributed by atoms with Crippen LogP contribution in [0.2, 0.25) is 0 Å². The molecular weight excluding hydrogens is 424 g/mol. The van der Waals surface area contributed by atoms with Crippen LogP contribution in [-0.4, -0.2) is 33.0 Å². The van der Waals surface area contributed by atoms with Gasteiger partial charge >= 0.3 is 5.63 Å². The number of likely N-dealkylation sites (tertiary alicyclic amines) is 1. The molecule has 0 amide bonds. The summed E-state index contributed by atoms with van der Waals surface area (Å²) in [7, 11) is -3.52. The van der Waals surface area contributed by atoms with Crippen molar-refractivity contribution >= 4 is 21.0 Å². The molecule has 2 aromatic carbocycles. The lowest BCUT2D eigenvalue weighted by Gasteiger charge is -2.33. The Morgan fingerprint density at radius 3 is 2.53 bits per heavy atom. The van der Waals surface area contributed by atoms with Crippen molar-refractivity contribution < 1.29 is 12.8 Å². The van der Waals surface area contributed by atoms with E-state index >= 15 is 0 Å². The molecule has 0 spiro atoms. The molecule has 1 N–H and O–H groups in total. The van der Waals surface area contributed by atoms with E-state index in [0.29, 0.717) is 23.6 Å². The molecule has 1 aliphatic rings. The number of nitrogens with zero attached hydrogens (tertiary/aromatic N) is 1. The van der Waals surface area contributed by atoms with Crippen LogP contribution in [-0.2, 0) is 16.6 Å². The number of nitrogens with one attached hydrogen (secondary N) is 1. The van der Waals surface area contributed by atoms with Gasteiger partial charge in [-0.15, -0.1) is 0 Å². The van der Waals surface area contributed by atoms with Crippen LogP contribution in [0.3, 0.4) is 0 Å². The van der Waals surface area contributed by atoms with Gasteiger partial charge < -0.3 is 4.42 Å². The standard InChI is InChI=1S/C25H30N2O4S/c1-17-6-8-22(9-7-17)32(29,30)26-14-20-5-4-10-27(15-20)16-21-13-25(28)31-24-12-19(3)18(2)11-23(21)24/h6-9,11-13,20,26H,4-5,10,14-16H2,1-3H3. The molecule has 0 radical (unpaired) electrons. The predicted molar refractivity (Wildman–Crippen MR) is 126 cm³/mol. The summed E-state index contributed by atoms with van der Waals surface area (Å²) in [6.07, 6.45) is 1.97. The fraction of sp³-hybridized carbons (Fsp3) is 0.400. The lowest BCUT2D eigenvalue weighted by Crippen LogP contribution is -2.40. The molecule has 1 unspecified atom stereocenters. The number of piperidine rings is 1. The van der Waals surface area contributed by atoms with Gasteiger partial charge in [0, 0.05) is 31.1 Å². The quantitative estimate of drug-likeness (QED) is 0.572. The zero-order valence-electron chi connectivity index (χ0n) is 18.8. The first-order valence-electron chi connectivity index (χ1n) is 11.0. The Balaban J connectivity index is 1.45. The number of fused-ring (bicyclic) bond motifs is 1. The van der Waals surface area contributed by atoms with Crippen LogP contribution in [0.15, 0.2) is 56.6 Å². The molecule has 3 aromatic rings. The van der Waals surface area contributed by atoms with E-state index in [1.165, 1.54) is 0 Å². The lowest BCUT2D eigenvalue weighted by molar-refractivity contribution is 0.169. The molecule has 0 aliphatic carbocycles. The summed E-state index contributed by atoms with van der Waals surface area (Å²) in [4.78, 5) is 14.7. The van der Waals surface area contributed by atoms with Crippen LogP contribution >= 0.6 is 0 Å². The van der Waals surface area contributed by atoms with Crippen LogP contribution in [0.5, 0.6) is 0 Å². The maximum absolute atomic E-state index is 12.6. The minimum atomic E-state index is -3.52. The first kappa shape index (κ1) is 22.7. The minimum Gasteiger partial charge on any atom is -0.423 e. The van der Waals surface area contributed by atoms with Gasteiger partial charge in [-0.2, -0.15) is 0 Å². The molecule has 2 heterocycles. The molecule has 32 heavy (non-hydrogen) atoms. The van der Waals surface area contributed by atoms with Gasteiger partial charge in [0.1, 0.15) is 5.58 Å². The van der Waals surface area contributed by atoms with E-state index in [0.717, 1.165) is 53.6 Å². The Morgan fingerprint density at radius 2 is 1.78 bits per heavy atom. The summed E-state index contributed by atoms with van der Waals surface area (Å²) < 4.78 is 33.5. The third kappa shape index (κ3) is 5.11. The summed E-state index contributed by atoms with van der Waals surface area (Å²) in [5.74, 6) is 0.222. The Hall–Kier alpha value is -2.48. The average Bonchev–Trinajstić information content (AvgIpc) is 2.74. The van der Waals surface area contributed by atoms with Gasteiger partial charge in [-0.25, -0.2) is 17.9 Å². The number of aryl methyl sites for hydroxylation is 3. The number of hydrogen-bond acceptors (Lipinski definition) is 5. The van der Waals surface area contributed by atoms with Crippen molar-refractivity contribution in [2.45, 2.75) is 45.1 Å². The van der Waals surface area contributed by atoms with Crippen molar-refractivity contribution in [2.75, 3.05) is 19.6 Å². The molecular formula is C25H30N2O4S. The maximum atomic E-state index is 12.6. The highest BCUT2D eigenvalue weighted by molar-refractivity contribution is 7.89. The number of hydrogen-bond donors (Lipinski definition) is 1. The normalized spacial score (nSPS) is 17.7. The summed E-state index contributed by atoms with van der Waals surface area (Å²) in [6, 6.07) is 12.5. The van der Waals surface area contributed by atoms with Crippen molar-refractivity contribution in [2.24, 2.45) is 5.92 Å². The van der Waals surface area contributed by atoms with E-state index < -0.39 is 10.0 Å².